The monoisotopic (exact) mass is 309 g/mol. The molecule has 9 nitrogen and oxygen atoms in total. The van der Waals surface area contributed by atoms with E-state index in [1.807, 2.05) is 0 Å². The fraction of sp³-hybridized carbons (Fsp3) is 0.308. The van der Waals surface area contributed by atoms with E-state index in [9.17, 15) is 24.5 Å². The number of carboxylic acids is 1. The maximum absolute atomic E-state index is 11.8. The van der Waals surface area contributed by atoms with Gasteiger partial charge in [-0.3, -0.25) is 19.7 Å². The summed E-state index contributed by atoms with van der Waals surface area (Å²) in [5.41, 5.74) is 4.88. The van der Waals surface area contributed by atoms with Crippen LogP contribution in [-0.2, 0) is 20.8 Å². The Morgan fingerprint density at radius 2 is 1.95 bits per heavy atom. The number of amides is 2. The van der Waals surface area contributed by atoms with Crippen molar-refractivity contribution in [1.29, 1.82) is 0 Å². The first kappa shape index (κ1) is 17.1. The molecule has 9 heteroatoms. The van der Waals surface area contributed by atoms with Gasteiger partial charge in [0.2, 0.25) is 11.8 Å². The third kappa shape index (κ3) is 5.19. The Morgan fingerprint density at radius 3 is 2.50 bits per heavy atom. The highest BCUT2D eigenvalue weighted by Gasteiger charge is 2.22. The second kappa shape index (κ2) is 7.72. The number of rotatable bonds is 8. The number of hydrogen-bond donors (Lipinski definition) is 3. The zero-order valence-corrected chi connectivity index (χ0v) is 11.5. The lowest BCUT2D eigenvalue weighted by Gasteiger charge is -2.13. The minimum absolute atomic E-state index is 0.146. The first-order valence-corrected chi connectivity index (χ1v) is 6.34. The highest BCUT2D eigenvalue weighted by molar-refractivity contribution is 5.86. The molecule has 118 valence electrons. The molecule has 0 saturated heterocycles. The number of aliphatic carboxylic acids is 1. The van der Waals surface area contributed by atoms with Gasteiger partial charge in [0, 0.05) is 18.1 Å². The summed E-state index contributed by atoms with van der Waals surface area (Å²) in [6.07, 6.45) is -0.673. The number of nitrogens with one attached hydrogen (secondary N) is 1. The van der Waals surface area contributed by atoms with E-state index in [0.29, 0.717) is 0 Å². The van der Waals surface area contributed by atoms with Gasteiger partial charge in [-0.05, 0) is 6.42 Å². The van der Waals surface area contributed by atoms with E-state index in [-0.39, 0.29) is 30.5 Å². The lowest BCUT2D eigenvalue weighted by molar-refractivity contribution is -0.385. The van der Waals surface area contributed by atoms with Crippen molar-refractivity contribution in [3.8, 4) is 0 Å². The van der Waals surface area contributed by atoms with Crippen molar-refractivity contribution < 1.29 is 24.4 Å². The Kier molecular flexibility index (Phi) is 5.99. The molecule has 0 saturated carbocycles. The molecule has 4 N–H and O–H groups in total. The van der Waals surface area contributed by atoms with Gasteiger partial charge >= 0.3 is 5.97 Å². The standard InChI is InChI=1S/C13H15N3O6/c14-11(17)6-5-9(13(19)20)15-12(18)7-8-3-1-2-4-10(8)16(21)22/h1-4,9H,5-7H2,(H2,14,17)(H,15,18)(H,19,20). The summed E-state index contributed by atoms with van der Waals surface area (Å²) in [4.78, 5) is 43.7. The summed E-state index contributed by atoms with van der Waals surface area (Å²) in [6, 6.07) is 4.40. The third-order valence-corrected chi connectivity index (χ3v) is 2.85. The molecule has 0 radical (unpaired) electrons. The molecule has 0 aromatic heterocycles. The molecule has 1 atom stereocenters. The van der Waals surface area contributed by atoms with E-state index in [0.717, 1.165) is 0 Å². The van der Waals surface area contributed by atoms with Gasteiger partial charge in [-0.2, -0.15) is 0 Å². The van der Waals surface area contributed by atoms with Crippen molar-refractivity contribution in [3.05, 3.63) is 39.9 Å². The topological polar surface area (TPSA) is 153 Å². The number of carboxylic acid groups (broad SMARTS) is 1. The molecular weight excluding hydrogens is 294 g/mol. The number of nitro benzene ring substituents is 1. The Labute approximate surface area is 125 Å². The van der Waals surface area contributed by atoms with Gasteiger partial charge in [0.05, 0.1) is 11.3 Å². The fourth-order valence-electron chi connectivity index (χ4n) is 1.80. The van der Waals surface area contributed by atoms with E-state index < -0.39 is 28.7 Å². The van der Waals surface area contributed by atoms with Crippen LogP contribution in [0, 0.1) is 10.1 Å². The lowest BCUT2D eigenvalue weighted by Crippen LogP contribution is -2.42. The summed E-state index contributed by atoms with van der Waals surface area (Å²) in [5, 5.41) is 22.0. The van der Waals surface area contributed by atoms with E-state index in [4.69, 9.17) is 10.8 Å². The SMILES string of the molecule is NC(=O)CCC(NC(=O)Cc1ccccc1[N+](=O)[O-])C(=O)O. The van der Waals surface area contributed by atoms with Crippen molar-refractivity contribution in [3.63, 3.8) is 0 Å². The number of nitro groups is 1. The predicted molar refractivity (Wildman–Crippen MR) is 74.8 cm³/mol. The second-order valence-corrected chi connectivity index (χ2v) is 4.53. The van der Waals surface area contributed by atoms with Crippen LogP contribution in [0.4, 0.5) is 5.69 Å². The number of hydrogen-bond acceptors (Lipinski definition) is 5. The van der Waals surface area contributed by atoms with Gasteiger partial charge in [-0.15, -0.1) is 0 Å². The number of nitrogens with zero attached hydrogens (tertiary/aromatic N) is 1. The van der Waals surface area contributed by atoms with Gasteiger partial charge in [-0.1, -0.05) is 18.2 Å². The molecule has 1 aromatic carbocycles. The van der Waals surface area contributed by atoms with Crippen molar-refractivity contribution in [2.45, 2.75) is 25.3 Å². The fourth-order valence-corrected chi connectivity index (χ4v) is 1.80. The molecule has 22 heavy (non-hydrogen) atoms. The summed E-state index contributed by atoms with van der Waals surface area (Å²) < 4.78 is 0. The Balaban J connectivity index is 2.74. The average molecular weight is 309 g/mol. The van der Waals surface area contributed by atoms with E-state index in [2.05, 4.69) is 5.32 Å². The van der Waals surface area contributed by atoms with Crippen LogP contribution in [-0.4, -0.2) is 33.9 Å². The van der Waals surface area contributed by atoms with Crippen LogP contribution in [0.3, 0.4) is 0 Å². The number of carbonyl (C=O) groups excluding carboxylic acids is 2. The molecule has 1 aromatic rings. The highest BCUT2D eigenvalue weighted by atomic mass is 16.6. The normalized spacial score (nSPS) is 11.5. The van der Waals surface area contributed by atoms with Crippen LogP contribution in [0.25, 0.3) is 0 Å². The first-order valence-electron chi connectivity index (χ1n) is 6.34. The van der Waals surface area contributed by atoms with Crippen LogP contribution >= 0.6 is 0 Å². The Bertz CT molecular complexity index is 601. The minimum Gasteiger partial charge on any atom is -0.480 e. The van der Waals surface area contributed by atoms with E-state index in [1.165, 1.54) is 24.3 Å². The summed E-state index contributed by atoms with van der Waals surface area (Å²) in [7, 11) is 0. The summed E-state index contributed by atoms with van der Waals surface area (Å²) in [5.74, 6) is -2.68. The smallest absolute Gasteiger partial charge is 0.326 e. The van der Waals surface area contributed by atoms with Crippen LogP contribution < -0.4 is 11.1 Å². The van der Waals surface area contributed by atoms with Crippen LogP contribution in [0.5, 0.6) is 0 Å². The van der Waals surface area contributed by atoms with E-state index in [1.54, 1.807) is 0 Å². The maximum Gasteiger partial charge on any atom is 0.326 e. The van der Waals surface area contributed by atoms with Gasteiger partial charge in [0.25, 0.3) is 5.69 Å². The summed E-state index contributed by atoms with van der Waals surface area (Å²) in [6.45, 7) is 0. The van der Waals surface area contributed by atoms with Gasteiger partial charge in [0.1, 0.15) is 6.04 Å². The zero-order valence-electron chi connectivity index (χ0n) is 11.5. The Morgan fingerprint density at radius 1 is 1.32 bits per heavy atom. The van der Waals surface area contributed by atoms with Crippen LogP contribution in [0.1, 0.15) is 18.4 Å². The van der Waals surface area contributed by atoms with Crippen molar-refractivity contribution in [1.82, 2.24) is 5.32 Å². The quantitative estimate of drug-likeness (QED) is 0.453. The molecule has 0 bridgehead atoms. The number of primary amides is 1. The van der Waals surface area contributed by atoms with Crippen LogP contribution in [0.2, 0.25) is 0 Å². The van der Waals surface area contributed by atoms with Gasteiger partial charge in [0.15, 0.2) is 0 Å². The number of nitrogens with two attached hydrogens (primary N) is 1. The number of benzene rings is 1. The largest absolute Gasteiger partial charge is 0.480 e. The van der Waals surface area contributed by atoms with Crippen molar-refractivity contribution in [2.75, 3.05) is 0 Å². The van der Waals surface area contributed by atoms with E-state index >= 15 is 0 Å². The molecule has 0 heterocycles. The number of carbonyl (C=O) groups is 3. The molecule has 2 amide bonds. The molecule has 1 rings (SSSR count). The van der Waals surface area contributed by atoms with Gasteiger partial charge in [-0.25, -0.2) is 4.79 Å². The molecular formula is C13H15N3O6. The summed E-state index contributed by atoms with van der Waals surface area (Å²) >= 11 is 0. The molecule has 0 aliphatic rings. The number of para-hydroxylation sites is 1. The second-order valence-electron chi connectivity index (χ2n) is 4.53. The maximum atomic E-state index is 11.8. The minimum atomic E-state index is -1.31. The van der Waals surface area contributed by atoms with Gasteiger partial charge < -0.3 is 16.2 Å². The van der Waals surface area contributed by atoms with Crippen LogP contribution in [0.15, 0.2) is 24.3 Å². The first-order chi connectivity index (χ1) is 10.3. The Hall–Kier alpha value is -2.97. The highest BCUT2D eigenvalue weighted by Crippen LogP contribution is 2.18. The third-order valence-electron chi connectivity index (χ3n) is 2.85. The predicted octanol–water partition coefficient (Wildman–Crippen LogP) is -0.0278. The average Bonchev–Trinajstić information content (AvgIpc) is 2.43. The molecule has 0 fully saturated rings. The van der Waals surface area contributed by atoms with Crippen molar-refractivity contribution >= 4 is 23.5 Å². The zero-order chi connectivity index (χ0) is 16.7. The lowest BCUT2D eigenvalue weighted by atomic mass is 10.1. The van der Waals surface area contributed by atoms with Crippen molar-refractivity contribution in [2.24, 2.45) is 5.73 Å². The molecule has 0 aliphatic heterocycles. The molecule has 0 spiro atoms. The molecule has 0 aliphatic carbocycles. The molecule has 1 unspecified atom stereocenters.